The van der Waals surface area contributed by atoms with Gasteiger partial charge in [0.25, 0.3) is 0 Å². The number of hydrogen-bond acceptors (Lipinski definition) is 5. The minimum atomic E-state index is -0.164. The Kier molecular flexibility index (Phi) is 4.80. The van der Waals surface area contributed by atoms with Gasteiger partial charge in [-0.05, 0) is 50.7 Å². The van der Waals surface area contributed by atoms with Crippen LogP contribution < -0.4 is 15.0 Å². The van der Waals surface area contributed by atoms with Gasteiger partial charge in [-0.2, -0.15) is 0 Å². The molecule has 1 spiro atoms. The molecule has 2 saturated heterocycles. The summed E-state index contributed by atoms with van der Waals surface area (Å²) in [4.78, 5) is 15.1. The summed E-state index contributed by atoms with van der Waals surface area (Å²) in [6.07, 6.45) is 2.97. The average molecular weight is 374 g/mol. The molecule has 6 heteroatoms. The van der Waals surface area contributed by atoms with Crippen molar-refractivity contribution < 1.29 is 19.0 Å². The molecule has 1 saturated carbocycles. The van der Waals surface area contributed by atoms with Gasteiger partial charge < -0.3 is 24.4 Å². The van der Waals surface area contributed by atoms with Crippen LogP contribution in [0.2, 0.25) is 0 Å². The van der Waals surface area contributed by atoms with E-state index < -0.39 is 0 Å². The predicted molar refractivity (Wildman–Crippen MR) is 104 cm³/mol. The van der Waals surface area contributed by atoms with Crippen LogP contribution >= 0.6 is 0 Å². The highest BCUT2D eigenvalue weighted by Crippen LogP contribution is 2.59. The highest BCUT2D eigenvalue weighted by Gasteiger charge is 2.58. The summed E-state index contributed by atoms with van der Waals surface area (Å²) < 4.78 is 16.8. The fourth-order valence-corrected chi connectivity index (χ4v) is 4.49. The highest BCUT2D eigenvalue weighted by molar-refractivity contribution is 5.96. The summed E-state index contributed by atoms with van der Waals surface area (Å²) in [5, 5.41) is 3.09. The molecule has 2 aliphatic heterocycles. The Hall–Kier alpha value is -1.79. The lowest BCUT2D eigenvalue weighted by Gasteiger charge is -2.39. The molecule has 2 heterocycles. The van der Waals surface area contributed by atoms with Crippen molar-refractivity contribution in [2.24, 2.45) is 11.3 Å². The van der Waals surface area contributed by atoms with Gasteiger partial charge in [0.2, 0.25) is 5.91 Å². The maximum Gasteiger partial charge on any atom is 0.228 e. The Labute approximate surface area is 161 Å². The SMILES string of the molecule is COc1cc(N2CCOC(C)(C)C2)ccc1NC(=O)[C@H]1CC12CCOCC2. The number of hydrogen-bond donors (Lipinski definition) is 1. The van der Waals surface area contributed by atoms with Gasteiger partial charge in [0.05, 0.1) is 25.0 Å². The number of nitrogens with one attached hydrogen (secondary N) is 1. The molecule has 148 valence electrons. The minimum absolute atomic E-state index is 0.103. The van der Waals surface area contributed by atoms with E-state index in [1.165, 1.54) is 0 Å². The molecule has 3 fully saturated rings. The summed E-state index contributed by atoms with van der Waals surface area (Å²) in [6, 6.07) is 6.01. The molecule has 1 aliphatic carbocycles. The number of benzene rings is 1. The Balaban J connectivity index is 1.45. The topological polar surface area (TPSA) is 60.0 Å². The van der Waals surface area contributed by atoms with Gasteiger partial charge in [-0.3, -0.25) is 4.79 Å². The molecular formula is C21H30N2O4. The first-order valence-electron chi connectivity index (χ1n) is 9.88. The van der Waals surface area contributed by atoms with E-state index in [-0.39, 0.29) is 22.8 Å². The Morgan fingerprint density at radius 3 is 2.74 bits per heavy atom. The standard InChI is InChI=1S/C21H30N2O4/c1-20(2)14-23(8-11-27-20)15-4-5-17(18(12-15)25-3)22-19(24)16-13-21(16)6-9-26-10-7-21/h4-5,12,16H,6-11,13-14H2,1-3H3,(H,22,24)/t16-/m1/s1. The summed E-state index contributed by atoms with van der Waals surface area (Å²) >= 11 is 0. The molecule has 0 unspecified atom stereocenters. The van der Waals surface area contributed by atoms with E-state index in [9.17, 15) is 4.79 Å². The summed E-state index contributed by atoms with van der Waals surface area (Å²) in [5.41, 5.74) is 1.85. The first-order chi connectivity index (χ1) is 12.9. The summed E-state index contributed by atoms with van der Waals surface area (Å²) in [7, 11) is 1.65. The van der Waals surface area contributed by atoms with Gasteiger partial charge in [-0.25, -0.2) is 0 Å². The maximum atomic E-state index is 12.8. The number of amides is 1. The Morgan fingerprint density at radius 2 is 2.04 bits per heavy atom. The molecule has 1 atom stereocenters. The average Bonchev–Trinajstić information content (AvgIpc) is 3.34. The van der Waals surface area contributed by atoms with Crippen LogP contribution in [-0.4, -0.2) is 51.5 Å². The molecule has 27 heavy (non-hydrogen) atoms. The second-order valence-corrected chi connectivity index (χ2v) is 8.64. The molecule has 3 aliphatic rings. The van der Waals surface area contributed by atoms with Crippen LogP contribution in [0.1, 0.15) is 33.1 Å². The number of anilines is 2. The Bertz CT molecular complexity index is 712. The van der Waals surface area contributed by atoms with E-state index in [1.807, 2.05) is 12.1 Å². The van der Waals surface area contributed by atoms with E-state index in [4.69, 9.17) is 14.2 Å². The van der Waals surface area contributed by atoms with Crippen LogP contribution in [0.3, 0.4) is 0 Å². The van der Waals surface area contributed by atoms with Crippen molar-refractivity contribution >= 4 is 17.3 Å². The van der Waals surface area contributed by atoms with Gasteiger partial charge in [0.1, 0.15) is 5.75 Å². The lowest BCUT2D eigenvalue weighted by Crippen LogP contribution is -2.48. The molecule has 1 aromatic rings. The Morgan fingerprint density at radius 1 is 1.26 bits per heavy atom. The van der Waals surface area contributed by atoms with Gasteiger partial charge in [-0.15, -0.1) is 0 Å². The molecule has 4 rings (SSSR count). The van der Waals surface area contributed by atoms with Crippen molar-refractivity contribution in [2.75, 3.05) is 50.2 Å². The van der Waals surface area contributed by atoms with Crippen molar-refractivity contribution in [2.45, 2.75) is 38.7 Å². The summed E-state index contributed by atoms with van der Waals surface area (Å²) in [5.74, 6) is 0.910. The number of carbonyl (C=O) groups is 1. The zero-order valence-electron chi connectivity index (χ0n) is 16.5. The molecule has 0 bridgehead atoms. The number of carbonyl (C=O) groups excluding carboxylic acids is 1. The first-order valence-corrected chi connectivity index (χ1v) is 9.88. The van der Waals surface area contributed by atoms with Gasteiger partial charge >= 0.3 is 0 Å². The van der Waals surface area contributed by atoms with Crippen molar-refractivity contribution in [3.8, 4) is 5.75 Å². The summed E-state index contributed by atoms with van der Waals surface area (Å²) in [6.45, 7) is 8.15. The third-order valence-electron chi connectivity index (χ3n) is 6.23. The molecule has 0 aromatic heterocycles. The molecule has 0 radical (unpaired) electrons. The van der Waals surface area contributed by atoms with Crippen LogP contribution in [0, 0.1) is 11.3 Å². The number of ether oxygens (including phenoxy) is 3. The largest absolute Gasteiger partial charge is 0.494 e. The third kappa shape index (κ3) is 3.78. The number of methoxy groups -OCH3 is 1. The quantitative estimate of drug-likeness (QED) is 0.878. The van der Waals surface area contributed by atoms with Gasteiger partial charge in [-0.1, -0.05) is 0 Å². The van der Waals surface area contributed by atoms with E-state index in [0.717, 1.165) is 56.9 Å². The highest BCUT2D eigenvalue weighted by atomic mass is 16.5. The minimum Gasteiger partial charge on any atom is -0.494 e. The number of rotatable bonds is 4. The maximum absolute atomic E-state index is 12.8. The van der Waals surface area contributed by atoms with Crippen LogP contribution in [0.25, 0.3) is 0 Å². The second kappa shape index (κ2) is 6.99. The molecule has 1 amide bonds. The monoisotopic (exact) mass is 374 g/mol. The number of morpholine rings is 1. The fraction of sp³-hybridized carbons (Fsp3) is 0.667. The van der Waals surface area contributed by atoms with Gasteiger partial charge in [0, 0.05) is 44.0 Å². The molecule has 1 aromatic carbocycles. The van der Waals surface area contributed by atoms with Gasteiger partial charge in [0.15, 0.2) is 0 Å². The van der Waals surface area contributed by atoms with Crippen molar-refractivity contribution in [1.82, 2.24) is 0 Å². The van der Waals surface area contributed by atoms with Crippen LogP contribution in [-0.2, 0) is 14.3 Å². The molecular weight excluding hydrogens is 344 g/mol. The van der Waals surface area contributed by atoms with Crippen molar-refractivity contribution in [3.63, 3.8) is 0 Å². The second-order valence-electron chi connectivity index (χ2n) is 8.64. The normalized spacial score (nSPS) is 25.9. The lowest BCUT2D eigenvalue weighted by atomic mass is 9.93. The van der Waals surface area contributed by atoms with E-state index >= 15 is 0 Å². The van der Waals surface area contributed by atoms with Crippen LogP contribution in [0.5, 0.6) is 5.75 Å². The van der Waals surface area contributed by atoms with Crippen LogP contribution in [0.4, 0.5) is 11.4 Å². The third-order valence-corrected chi connectivity index (χ3v) is 6.23. The smallest absolute Gasteiger partial charge is 0.228 e. The zero-order valence-corrected chi connectivity index (χ0v) is 16.5. The molecule has 6 nitrogen and oxygen atoms in total. The van der Waals surface area contributed by atoms with E-state index in [2.05, 4.69) is 30.1 Å². The van der Waals surface area contributed by atoms with Crippen molar-refractivity contribution in [1.29, 1.82) is 0 Å². The predicted octanol–water partition coefficient (Wildman–Crippen LogP) is 3.07. The lowest BCUT2D eigenvalue weighted by molar-refractivity contribution is -0.118. The molecule has 1 N–H and O–H groups in total. The fourth-order valence-electron chi connectivity index (χ4n) is 4.49. The van der Waals surface area contributed by atoms with E-state index in [1.54, 1.807) is 7.11 Å². The van der Waals surface area contributed by atoms with E-state index in [0.29, 0.717) is 12.4 Å². The number of nitrogens with zero attached hydrogens (tertiary/aromatic N) is 1. The zero-order chi connectivity index (χ0) is 19.1. The first kappa shape index (κ1) is 18.6. The van der Waals surface area contributed by atoms with Crippen LogP contribution in [0.15, 0.2) is 18.2 Å². The van der Waals surface area contributed by atoms with Crippen molar-refractivity contribution in [3.05, 3.63) is 18.2 Å².